The number of halogens is 1. The summed E-state index contributed by atoms with van der Waals surface area (Å²) in [6.07, 6.45) is 5.15. The number of pyridine rings is 1. The van der Waals surface area contributed by atoms with Crippen LogP contribution in [0.1, 0.15) is 36.2 Å². The van der Waals surface area contributed by atoms with Gasteiger partial charge in [-0.1, -0.05) is 25.1 Å². The normalized spacial score (nSPS) is 15.4. The van der Waals surface area contributed by atoms with E-state index >= 15 is 0 Å². The Morgan fingerprint density at radius 2 is 2.16 bits per heavy atom. The van der Waals surface area contributed by atoms with Gasteiger partial charge in [0.15, 0.2) is 0 Å². The number of amides is 1. The number of carbonyl (C=O) groups is 1. The van der Waals surface area contributed by atoms with Crippen molar-refractivity contribution in [3.05, 3.63) is 29.8 Å². The molecule has 0 saturated heterocycles. The molecule has 1 aromatic heterocycles. The molecule has 6 heteroatoms. The van der Waals surface area contributed by atoms with Crippen LogP contribution in [0.2, 0.25) is 0 Å². The summed E-state index contributed by atoms with van der Waals surface area (Å²) in [4.78, 5) is 18.2. The Hall–Kier alpha value is -1.56. The predicted molar refractivity (Wildman–Crippen MR) is 74.3 cm³/mol. The Kier molecular flexibility index (Phi) is 4.42. The van der Waals surface area contributed by atoms with E-state index in [0.29, 0.717) is 0 Å². The second-order valence-electron chi connectivity index (χ2n) is 4.70. The zero-order valence-corrected chi connectivity index (χ0v) is 11.3. The van der Waals surface area contributed by atoms with Crippen molar-refractivity contribution >= 4 is 23.1 Å². The highest BCUT2D eigenvalue weighted by molar-refractivity contribution is 7.80. The van der Waals surface area contributed by atoms with E-state index in [1.54, 1.807) is 4.90 Å². The van der Waals surface area contributed by atoms with Gasteiger partial charge in [0.2, 0.25) is 0 Å². The fraction of sp³-hybridized carbons (Fsp3) is 0.462. The number of carbonyl (C=O) groups excluding carboxylic acids is 1. The molecule has 102 valence electrons. The Bertz CT molecular complexity index is 471. The molecule has 0 unspecified atom stereocenters. The molecule has 1 amide bonds. The summed E-state index contributed by atoms with van der Waals surface area (Å²) >= 11 is 4.90. The first-order valence-corrected chi connectivity index (χ1v) is 6.69. The third-order valence-corrected chi connectivity index (χ3v) is 3.43. The quantitative estimate of drug-likeness (QED) is 0.856. The summed E-state index contributed by atoms with van der Waals surface area (Å²) in [6, 6.07) is 2.77. The minimum atomic E-state index is -0.460. The molecule has 4 nitrogen and oxygen atoms in total. The van der Waals surface area contributed by atoms with Gasteiger partial charge in [-0.05, 0) is 25.0 Å². The Morgan fingerprint density at radius 1 is 1.47 bits per heavy atom. The number of thiocarbonyl (C=S) groups is 1. The van der Waals surface area contributed by atoms with Crippen molar-refractivity contribution in [3.8, 4) is 0 Å². The van der Waals surface area contributed by atoms with Crippen molar-refractivity contribution in [2.45, 2.75) is 31.7 Å². The van der Waals surface area contributed by atoms with Gasteiger partial charge in [0, 0.05) is 6.04 Å². The van der Waals surface area contributed by atoms with Crippen molar-refractivity contribution in [2.24, 2.45) is 5.73 Å². The van der Waals surface area contributed by atoms with Crippen LogP contribution < -0.4 is 5.73 Å². The van der Waals surface area contributed by atoms with E-state index in [9.17, 15) is 9.18 Å². The van der Waals surface area contributed by atoms with Gasteiger partial charge in [-0.25, -0.2) is 9.37 Å². The van der Waals surface area contributed by atoms with E-state index in [0.717, 1.165) is 31.9 Å². The topological polar surface area (TPSA) is 59.2 Å². The highest BCUT2D eigenvalue weighted by Gasteiger charge is 2.28. The van der Waals surface area contributed by atoms with Crippen LogP contribution in [0.15, 0.2) is 18.3 Å². The van der Waals surface area contributed by atoms with Gasteiger partial charge in [0.05, 0.1) is 17.7 Å². The highest BCUT2D eigenvalue weighted by Crippen LogP contribution is 2.24. The fourth-order valence-corrected chi connectivity index (χ4v) is 2.54. The molecular formula is C13H16FN3OS. The number of aromatic nitrogens is 1. The van der Waals surface area contributed by atoms with Crippen LogP contribution in [0.25, 0.3) is 0 Å². The molecule has 1 aliphatic carbocycles. The van der Waals surface area contributed by atoms with E-state index in [2.05, 4.69) is 4.98 Å². The summed E-state index contributed by atoms with van der Waals surface area (Å²) in [5.41, 5.74) is 5.78. The van der Waals surface area contributed by atoms with Gasteiger partial charge < -0.3 is 10.6 Å². The lowest BCUT2D eigenvalue weighted by Crippen LogP contribution is -2.43. The predicted octanol–water partition coefficient (Wildman–Crippen LogP) is 1.89. The van der Waals surface area contributed by atoms with Crippen LogP contribution >= 0.6 is 12.2 Å². The van der Waals surface area contributed by atoms with Crippen LogP contribution in [-0.4, -0.2) is 33.4 Å². The van der Waals surface area contributed by atoms with Crippen molar-refractivity contribution in [3.63, 3.8) is 0 Å². The molecule has 0 radical (unpaired) electrons. The standard InChI is InChI=1S/C13H16FN3OS/c14-9-5-6-11(16-7-9)13(18)17(8-12(15)19)10-3-1-2-4-10/h5-7,10H,1-4,8H2,(H2,15,19). The maximum absolute atomic E-state index is 12.8. The second kappa shape index (κ2) is 6.06. The number of nitrogens with two attached hydrogens (primary N) is 1. The van der Waals surface area contributed by atoms with E-state index in [1.807, 2.05) is 0 Å². The van der Waals surface area contributed by atoms with Crippen LogP contribution in [0.3, 0.4) is 0 Å². The van der Waals surface area contributed by atoms with E-state index in [1.165, 1.54) is 12.1 Å². The molecule has 0 bridgehead atoms. The van der Waals surface area contributed by atoms with E-state index in [4.69, 9.17) is 18.0 Å². The zero-order chi connectivity index (χ0) is 13.8. The van der Waals surface area contributed by atoms with Crippen LogP contribution in [0.4, 0.5) is 4.39 Å². The summed E-state index contributed by atoms with van der Waals surface area (Å²) < 4.78 is 12.8. The smallest absolute Gasteiger partial charge is 0.273 e. The maximum atomic E-state index is 12.8. The number of rotatable bonds is 4. The monoisotopic (exact) mass is 281 g/mol. The first-order valence-electron chi connectivity index (χ1n) is 6.29. The molecule has 2 rings (SSSR count). The van der Waals surface area contributed by atoms with Gasteiger partial charge in [-0.3, -0.25) is 4.79 Å². The van der Waals surface area contributed by atoms with Crippen LogP contribution in [0, 0.1) is 5.82 Å². The first-order chi connectivity index (χ1) is 9.08. The molecule has 1 saturated carbocycles. The third-order valence-electron chi connectivity index (χ3n) is 3.30. The Balaban J connectivity index is 2.18. The van der Waals surface area contributed by atoms with Gasteiger partial charge >= 0.3 is 0 Å². The lowest BCUT2D eigenvalue weighted by atomic mass is 10.2. The van der Waals surface area contributed by atoms with Gasteiger partial charge in [0.25, 0.3) is 5.91 Å². The molecule has 1 heterocycles. The molecule has 0 atom stereocenters. The second-order valence-corrected chi connectivity index (χ2v) is 5.22. The average Bonchev–Trinajstić information content (AvgIpc) is 2.89. The zero-order valence-electron chi connectivity index (χ0n) is 10.5. The summed E-state index contributed by atoms with van der Waals surface area (Å²) in [5, 5.41) is 0. The van der Waals surface area contributed by atoms with Gasteiger partial charge in [-0.2, -0.15) is 0 Å². The van der Waals surface area contributed by atoms with Crippen molar-refractivity contribution in [2.75, 3.05) is 6.54 Å². The Morgan fingerprint density at radius 3 is 2.68 bits per heavy atom. The highest BCUT2D eigenvalue weighted by atomic mass is 32.1. The van der Waals surface area contributed by atoms with Crippen LogP contribution in [-0.2, 0) is 0 Å². The van der Waals surface area contributed by atoms with E-state index in [-0.39, 0.29) is 29.2 Å². The third kappa shape index (κ3) is 3.47. The molecule has 0 spiro atoms. The number of hydrogen-bond acceptors (Lipinski definition) is 3. The molecule has 0 aliphatic heterocycles. The average molecular weight is 281 g/mol. The van der Waals surface area contributed by atoms with Crippen molar-refractivity contribution in [1.29, 1.82) is 0 Å². The van der Waals surface area contributed by atoms with Gasteiger partial charge in [-0.15, -0.1) is 0 Å². The summed E-state index contributed by atoms with van der Waals surface area (Å²) in [5.74, 6) is -0.696. The minimum absolute atomic E-state index is 0.154. The van der Waals surface area contributed by atoms with E-state index < -0.39 is 5.82 Å². The molecule has 2 N–H and O–H groups in total. The molecule has 1 aromatic rings. The molecule has 1 aliphatic rings. The van der Waals surface area contributed by atoms with Crippen molar-refractivity contribution in [1.82, 2.24) is 9.88 Å². The summed E-state index contributed by atoms with van der Waals surface area (Å²) in [6.45, 7) is 0.248. The largest absolute Gasteiger partial charge is 0.392 e. The lowest BCUT2D eigenvalue weighted by molar-refractivity contribution is 0.0708. The number of hydrogen-bond donors (Lipinski definition) is 1. The van der Waals surface area contributed by atoms with Gasteiger partial charge in [0.1, 0.15) is 11.5 Å². The van der Waals surface area contributed by atoms with Crippen molar-refractivity contribution < 1.29 is 9.18 Å². The lowest BCUT2D eigenvalue weighted by Gasteiger charge is -2.28. The molecule has 19 heavy (non-hydrogen) atoms. The maximum Gasteiger partial charge on any atom is 0.273 e. The molecule has 1 fully saturated rings. The summed E-state index contributed by atoms with van der Waals surface area (Å²) in [7, 11) is 0. The molecular weight excluding hydrogens is 265 g/mol. The Labute approximate surface area is 116 Å². The number of nitrogens with zero attached hydrogens (tertiary/aromatic N) is 2. The SMILES string of the molecule is NC(=S)CN(C(=O)c1ccc(F)cn1)C1CCCC1. The van der Waals surface area contributed by atoms with Crippen LogP contribution in [0.5, 0.6) is 0 Å². The molecule has 0 aromatic carbocycles. The minimum Gasteiger partial charge on any atom is -0.392 e. The fourth-order valence-electron chi connectivity index (χ4n) is 2.40. The first kappa shape index (κ1) is 13.9.